The number of amides is 3. The smallest absolute Gasteiger partial charge is 0.240 e. The third kappa shape index (κ3) is 2.80. The fraction of sp³-hybridized carbons (Fsp3) is 0.211. The quantitative estimate of drug-likeness (QED) is 0.640. The Balaban J connectivity index is 2.07. The first kappa shape index (κ1) is 15.9. The predicted octanol–water partition coefficient (Wildman–Crippen LogP) is 1.22. The number of hydrogen-bond donors (Lipinski definition) is 2. The number of hydrogen-bond acceptors (Lipinski definition) is 3. The van der Waals surface area contributed by atoms with Crippen LogP contribution >= 0.6 is 0 Å². The van der Waals surface area contributed by atoms with Gasteiger partial charge in [-0.1, -0.05) is 60.7 Å². The molecule has 0 aromatic heterocycles. The maximum absolute atomic E-state index is 12.7. The van der Waals surface area contributed by atoms with Gasteiger partial charge in [-0.15, -0.1) is 0 Å². The second-order valence-corrected chi connectivity index (χ2v) is 6.13. The van der Waals surface area contributed by atoms with Crippen molar-refractivity contribution < 1.29 is 14.4 Å². The van der Waals surface area contributed by atoms with E-state index in [4.69, 9.17) is 5.73 Å². The Morgan fingerprint density at radius 1 is 0.917 bits per heavy atom. The third-order valence-electron chi connectivity index (χ3n) is 4.51. The van der Waals surface area contributed by atoms with Crippen molar-refractivity contribution in [2.45, 2.75) is 12.8 Å². The van der Waals surface area contributed by atoms with Gasteiger partial charge in [0, 0.05) is 0 Å². The molecule has 1 aliphatic rings. The van der Waals surface area contributed by atoms with Crippen LogP contribution in [0, 0.1) is 11.3 Å². The SMILES string of the molecule is NC(=O)C1C(=O)NC(=O)C1(Cc1ccccc1)Cc1ccccc1. The van der Waals surface area contributed by atoms with Gasteiger partial charge in [0.2, 0.25) is 17.7 Å². The normalized spacial score (nSPS) is 19.1. The second kappa shape index (κ2) is 6.28. The Hall–Kier alpha value is -2.95. The van der Waals surface area contributed by atoms with Crippen LogP contribution in [-0.4, -0.2) is 17.7 Å². The molecule has 1 fully saturated rings. The minimum atomic E-state index is -1.20. The fourth-order valence-electron chi connectivity index (χ4n) is 3.44. The first-order chi connectivity index (χ1) is 11.5. The number of rotatable bonds is 5. The number of carbonyl (C=O) groups is 3. The largest absolute Gasteiger partial charge is 0.369 e. The van der Waals surface area contributed by atoms with Gasteiger partial charge in [-0.25, -0.2) is 0 Å². The van der Waals surface area contributed by atoms with Gasteiger partial charge in [-0.3, -0.25) is 19.7 Å². The number of imide groups is 1. The molecular formula is C19H18N2O3. The van der Waals surface area contributed by atoms with Crippen molar-refractivity contribution in [3.8, 4) is 0 Å². The van der Waals surface area contributed by atoms with Crippen molar-refractivity contribution in [1.29, 1.82) is 0 Å². The molecule has 3 amide bonds. The van der Waals surface area contributed by atoms with E-state index in [1.165, 1.54) is 0 Å². The average Bonchev–Trinajstić information content (AvgIpc) is 2.79. The summed E-state index contributed by atoms with van der Waals surface area (Å²) in [4.78, 5) is 36.8. The number of nitrogens with one attached hydrogen (secondary N) is 1. The summed E-state index contributed by atoms with van der Waals surface area (Å²) in [5.41, 5.74) is 6.04. The average molecular weight is 322 g/mol. The molecule has 1 atom stereocenters. The van der Waals surface area contributed by atoms with Gasteiger partial charge in [0.15, 0.2) is 0 Å². The van der Waals surface area contributed by atoms with E-state index in [-0.39, 0.29) is 12.8 Å². The summed E-state index contributed by atoms with van der Waals surface area (Å²) in [5, 5.41) is 2.30. The van der Waals surface area contributed by atoms with Gasteiger partial charge in [0.25, 0.3) is 0 Å². The summed E-state index contributed by atoms with van der Waals surface area (Å²) >= 11 is 0. The van der Waals surface area contributed by atoms with E-state index in [9.17, 15) is 14.4 Å². The molecule has 0 radical (unpaired) electrons. The van der Waals surface area contributed by atoms with Crippen LogP contribution in [0.1, 0.15) is 11.1 Å². The highest BCUT2D eigenvalue weighted by Gasteiger charge is 2.57. The molecule has 5 heteroatoms. The molecule has 1 aliphatic heterocycles. The van der Waals surface area contributed by atoms with Gasteiger partial charge >= 0.3 is 0 Å². The molecular weight excluding hydrogens is 304 g/mol. The molecule has 0 saturated carbocycles. The van der Waals surface area contributed by atoms with Crippen molar-refractivity contribution in [3.05, 3.63) is 71.8 Å². The van der Waals surface area contributed by atoms with Crippen molar-refractivity contribution in [2.24, 2.45) is 17.1 Å². The summed E-state index contributed by atoms with van der Waals surface area (Å²) in [6, 6.07) is 18.7. The Morgan fingerprint density at radius 2 is 1.38 bits per heavy atom. The monoisotopic (exact) mass is 322 g/mol. The van der Waals surface area contributed by atoms with E-state index in [2.05, 4.69) is 5.32 Å². The Labute approximate surface area is 139 Å². The second-order valence-electron chi connectivity index (χ2n) is 6.13. The molecule has 0 spiro atoms. The summed E-state index contributed by atoms with van der Waals surface area (Å²) in [5.74, 6) is -3.00. The minimum Gasteiger partial charge on any atom is -0.369 e. The molecule has 1 unspecified atom stereocenters. The van der Waals surface area contributed by atoms with Crippen molar-refractivity contribution in [1.82, 2.24) is 5.32 Å². The zero-order valence-electron chi connectivity index (χ0n) is 13.1. The van der Waals surface area contributed by atoms with Crippen LogP contribution in [0.25, 0.3) is 0 Å². The van der Waals surface area contributed by atoms with Gasteiger partial charge in [-0.05, 0) is 24.0 Å². The molecule has 2 aromatic carbocycles. The zero-order valence-corrected chi connectivity index (χ0v) is 13.1. The Bertz CT molecular complexity index is 730. The van der Waals surface area contributed by atoms with E-state index in [0.717, 1.165) is 11.1 Å². The molecule has 24 heavy (non-hydrogen) atoms. The number of primary amides is 1. The highest BCUT2D eigenvalue weighted by atomic mass is 16.2. The van der Waals surface area contributed by atoms with Crippen LogP contribution < -0.4 is 11.1 Å². The first-order valence-electron chi connectivity index (χ1n) is 7.75. The maximum Gasteiger partial charge on any atom is 0.240 e. The molecule has 5 nitrogen and oxygen atoms in total. The van der Waals surface area contributed by atoms with E-state index in [1.807, 2.05) is 60.7 Å². The molecule has 0 bridgehead atoms. The summed E-state index contributed by atoms with van der Waals surface area (Å²) < 4.78 is 0. The lowest BCUT2D eigenvalue weighted by Gasteiger charge is -2.30. The van der Waals surface area contributed by atoms with Crippen molar-refractivity contribution in [3.63, 3.8) is 0 Å². The lowest BCUT2D eigenvalue weighted by Crippen LogP contribution is -2.45. The van der Waals surface area contributed by atoms with Gasteiger partial charge in [-0.2, -0.15) is 0 Å². The Kier molecular flexibility index (Phi) is 4.16. The van der Waals surface area contributed by atoms with E-state index in [0.29, 0.717) is 0 Å². The van der Waals surface area contributed by atoms with E-state index < -0.39 is 29.1 Å². The fourth-order valence-corrected chi connectivity index (χ4v) is 3.44. The lowest BCUT2D eigenvalue weighted by atomic mass is 9.68. The van der Waals surface area contributed by atoms with E-state index >= 15 is 0 Å². The molecule has 0 aliphatic carbocycles. The summed E-state index contributed by atoms with van der Waals surface area (Å²) in [6.07, 6.45) is 0.543. The van der Waals surface area contributed by atoms with Crippen LogP contribution in [-0.2, 0) is 27.2 Å². The van der Waals surface area contributed by atoms with Crippen LogP contribution in [0.4, 0.5) is 0 Å². The number of carbonyl (C=O) groups excluding carboxylic acids is 3. The third-order valence-corrected chi connectivity index (χ3v) is 4.51. The number of benzene rings is 2. The van der Waals surface area contributed by atoms with Gasteiger partial charge in [0.05, 0.1) is 5.41 Å². The van der Waals surface area contributed by atoms with E-state index in [1.54, 1.807) is 0 Å². The van der Waals surface area contributed by atoms with Gasteiger partial charge < -0.3 is 5.73 Å². The zero-order chi connectivity index (χ0) is 17.2. The van der Waals surface area contributed by atoms with Crippen LogP contribution in [0.3, 0.4) is 0 Å². The predicted molar refractivity (Wildman–Crippen MR) is 88.6 cm³/mol. The molecule has 1 heterocycles. The first-order valence-corrected chi connectivity index (χ1v) is 7.75. The minimum absolute atomic E-state index is 0.272. The van der Waals surface area contributed by atoms with Crippen LogP contribution in [0.5, 0.6) is 0 Å². The highest BCUT2D eigenvalue weighted by Crippen LogP contribution is 2.40. The summed E-state index contributed by atoms with van der Waals surface area (Å²) in [6.45, 7) is 0. The molecule has 1 saturated heterocycles. The maximum atomic E-state index is 12.7. The standard InChI is InChI=1S/C19H18N2O3/c20-16(22)15-17(23)21-18(24)19(15,11-13-7-3-1-4-8-13)12-14-9-5-2-6-10-14/h1-10,15H,11-12H2,(H2,20,22)(H,21,23,24). The lowest BCUT2D eigenvalue weighted by molar-refractivity contribution is -0.137. The molecule has 122 valence electrons. The Morgan fingerprint density at radius 3 is 1.79 bits per heavy atom. The number of nitrogens with two attached hydrogens (primary N) is 1. The van der Waals surface area contributed by atoms with Crippen LogP contribution in [0.15, 0.2) is 60.7 Å². The molecule has 3 N–H and O–H groups in total. The molecule has 2 aromatic rings. The van der Waals surface area contributed by atoms with Crippen LogP contribution in [0.2, 0.25) is 0 Å². The topological polar surface area (TPSA) is 89.3 Å². The van der Waals surface area contributed by atoms with Crippen molar-refractivity contribution >= 4 is 17.7 Å². The summed E-state index contributed by atoms with van der Waals surface area (Å²) in [7, 11) is 0. The van der Waals surface area contributed by atoms with Crippen molar-refractivity contribution in [2.75, 3.05) is 0 Å². The molecule has 3 rings (SSSR count). The highest BCUT2D eigenvalue weighted by molar-refractivity contribution is 6.16. The van der Waals surface area contributed by atoms with Gasteiger partial charge in [0.1, 0.15) is 5.92 Å².